The predicted octanol–water partition coefficient (Wildman–Crippen LogP) is 2.84. The summed E-state index contributed by atoms with van der Waals surface area (Å²) in [6, 6.07) is 10.1. The molecule has 0 bridgehead atoms. The lowest BCUT2D eigenvalue weighted by atomic mass is 9.94. The molecule has 1 unspecified atom stereocenters. The van der Waals surface area contributed by atoms with E-state index in [0.29, 0.717) is 30.7 Å². The number of pyridine rings is 1. The number of benzene rings is 1. The summed E-state index contributed by atoms with van der Waals surface area (Å²) in [6.45, 7) is 2.24. The third-order valence-corrected chi connectivity index (χ3v) is 4.10. The van der Waals surface area contributed by atoms with Crippen LogP contribution in [0.25, 0.3) is 0 Å². The van der Waals surface area contributed by atoms with Crippen molar-refractivity contribution in [2.75, 3.05) is 6.54 Å². The number of halogens is 1. The molecule has 1 atom stereocenters. The van der Waals surface area contributed by atoms with E-state index in [2.05, 4.69) is 10.3 Å². The van der Waals surface area contributed by atoms with Crippen molar-refractivity contribution in [1.82, 2.24) is 10.3 Å². The zero-order valence-corrected chi connectivity index (χ0v) is 13.0. The van der Waals surface area contributed by atoms with Gasteiger partial charge in [-0.2, -0.15) is 0 Å². The lowest BCUT2D eigenvalue weighted by molar-refractivity contribution is -0.124. The van der Waals surface area contributed by atoms with Crippen molar-refractivity contribution in [1.29, 1.82) is 0 Å². The molecule has 1 fully saturated rings. The van der Waals surface area contributed by atoms with Crippen LogP contribution in [0.4, 0.5) is 4.39 Å². The van der Waals surface area contributed by atoms with E-state index in [1.165, 1.54) is 6.07 Å². The van der Waals surface area contributed by atoms with E-state index in [1.807, 2.05) is 13.0 Å². The van der Waals surface area contributed by atoms with Gasteiger partial charge in [-0.05, 0) is 38.0 Å². The van der Waals surface area contributed by atoms with E-state index in [4.69, 9.17) is 4.74 Å². The average molecular weight is 314 g/mol. The minimum Gasteiger partial charge on any atom is -0.487 e. The van der Waals surface area contributed by atoms with Crippen LogP contribution in [0.2, 0.25) is 0 Å². The van der Waals surface area contributed by atoms with Crippen LogP contribution in [0, 0.1) is 5.82 Å². The quantitative estimate of drug-likeness (QED) is 0.892. The molecule has 1 N–H and O–H groups in total. The van der Waals surface area contributed by atoms with Crippen LogP contribution < -0.4 is 10.1 Å². The van der Waals surface area contributed by atoms with Crippen LogP contribution in [-0.4, -0.2) is 23.5 Å². The lowest BCUT2D eigenvalue weighted by Gasteiger charge is -2.19. The fourth-order valence-electron chi connectivity index (χ4n) is 2.69. The highest BCUT2D eigenvalue weighted by atomic mass is 19.1. The Morgan fingerprint density at radius 2 is 2.13 bits per heavy atom. The van der Waals surface area contributed by atoms with Gasteiger partial charge in [-0.3, -0.25) is 9.78 Å². The number of rotatable bonds is 6. The molecule has 23 heavy (non-hydrogen) atoms. The average Bonchev–Trinajstić information content (AvgIpc) is 3.36. The molecule has 0 aliphatic heterocycles. The Labute approximate surface area is 134 Å². The molecule has 3 rings (SSSR count). The van der Waals surface area contributed by atoms with Crippen molar-refractivity contribution < 1.29 is 13.9 Å². The number of aromatic nitrogens is 1. The minimum absolute atomic E-state index is 0.135. The van der Waals surface area contributed by atoms with Crippen LogP contribution in [-0.2, 0) is 10.2 Å². The van der Waals surface area contributed by atoms with Gasteiger partial charge in [0.2, 0.25) is 5.91 Å². The van der Waals surface area contributed by atoms with E-state index < -0.39 is 5.41 Å². The Morgan fingerprint density at radius 3 is 2.78 bits per heavy atom. The highest BCUT2D eigenvalue weighted by Crippen LogP contribution is 2.49. The highest BCUT2D eigenvalue weighted by Gasteiger charge is 2.52. The molecule has 1 amide bonds. The third kappa shape index (κ3) is 3.33. The second-order valence-electron chi connectivity index (χ2n) is 5.89. The molecule has 1 aromatic heterocycles. The molecular formula is C18H19FN2O2. The van der Waals surface area contributed by atoms with Crippen molar-refractivity contribution in [3.05, 3.63) is 60.2 Å². The van der Waals surface area contributed by atoms with Gasteiger partial charge in [0.25, 0.3) is 0 Å². The molecule has 1 aliphatic carbocycles. The monoisotopic (exact) mass is 314 g/mol. The van der Waals surface area contributed by atoms with Gasteiger partial charge in [0, 0.05) is 11.8 Å². The second-order valence-corrected chi connectivity index (χ2v) is 5.89. The van der Waals surface area contributed by atoms with Gasteiger partial charge in [-0.1, -0.05) is 18.2 Å². The largest absolute Gasteiger partial charge is 0.487 e. The molecule has 0 saturated heterocycles. The zero-order valence-electron chi connectivity index (χ0n) is 13.0. The van der Waals surface area contributed by atoms with Crippen molar-refractivity contribution in [2.45, 2.75) is 31.3 Å². The first kappa shape index (κ1) is 15.5. The molecule has 4 nitrogen and oxygen atoms in total. The summed E-state index contributed by atoms with van der Waals surface area (Å²) in [4.78, 5) is 16.5. The number of nitrogens with one attached hydrogen (secondary N) is 1. The standard InChI is InChI=1S/C18H19FN2O2/c1-13(23-14-5-4-10-20-12-14)11-21-17(22)18(8-9-18)15-6-2-3-7-16(15)19/h2-7,10,12-13H,8-9,11H2,1H3,(H,21,22). The maximum absolute atomic E-state index is 14.0. The number of carbonyl (C=O) groups excluding carboxylic acids is 1. The molecular weight excluding hydrogens is 295 g/mol. The minimum atomic E-state index is -0.709. The van der Waals surface area contributed by atoms with Crippen molar-refractivity contribution >= 4 is 5.91 Å². The Hall–Kier alpha value is -2.43. The Kier molecular flexibility index (Phi) is 4.28. The summed E-state index contributed by atoms with van der Waals surface area (Å²) >= 11 is 0. The molecule has 1 aromatic carbocycles. The summed E-state index contributed by atoms with van der Waals surface area (Å²) in [6.07, 6.45) is 4.46. The van der Waals surface area contributed by atoms with Gasteiger partial charge < -0.3 is 10.1 Å². The number of nitrogens with zero attached hydrogens (tertiary/aromatic N) is 1. The second kappa shape index (κ2) is 6.36. The topological polar surface area (TPSA) is 51.2 Å². The maximum atomic E-state index is 14.0. The van der Waals surface area contributed by atoms with Gasteiger partial charge in [0.05, 0.1) is 18.2 Å². The van der Waals surface area contributed by atoms with Crippen LogP contribution in [0.15, 0.2) is 48.8 Å². The van der Waals surface area contributed by atoms with E-state index >= 15 is 0 Å². The van der Waals surface area contributed by atoms with Crippen LogP contribution in [0.3, 0.4) is 0 Å². The van der Waals surface area contributed by atoms with E-state index in [-0.39, 0.29) is 17.8 Å². The van der Waals surface area contributed by atoms with Crippen molar-refractivity contribution in [3.8, 4) is 5.75 Å². The van der Waals surface area contributed by atoms with Crippen LogP contribution >= 0.6 is 0 Å². The van der Waals surface area contributed by atoms with Crippen LogP contribution in [0.5, 0.6) is 5.75 Å². The molecule has 2 aromatic rings. The van der Waals surface area contributed by atoms with Crippen LogP contribution in [0.1, 0.15) is 25.3 Å². The Bertz CT molecular complexity index is 686. The fourth-order valence-corrected chi connectivity index (χ4v) is 2.69. The van der Waals surface area contributed by atoms with E-state index in [1.54, 1.807) is 36.7 Å². The number of ether oxygens (including phenoxy) is 1. The Balaban J connectivity index is 1.58. The smallest absolute Gasteiger partial charge is 0.230 e. The molecule has 1 saturated carbocycles. The van der Waals surface area contributed by atoms with Crippen molar-refractivity contribution in [3.63, 3.8) is 0 Å². The predicted molar refractivity (Wildman–Crippen MR) is 84.6 cm³/mol. The summed E-state index contributed by atoms with van der Waals surface area (Å²) < 4.78 is 19.6. The SMILES string of the molecule is CC(CNC(=O)C1(c2ccccc2F)CC1)Oc1cccnc1. The third-order valence-electron chi connectivity index (χ3n) is 4.10. The summed E-state index contributed by atoms with van der Waals surface area (Å²) in [5.74, 6) is 0.202. The number of hydrogen-bond donors (Lipinski definition) is 1. The Morgan fingerprint density at radius 1 is 1.35 bits per heavy atom. The van der Waals surface area contributed by atoms with Crippen molar-refractivity contribution in [2.24, 2.45) is 0 Å². The van der Waals surface area contributed by atoms with Gasteiger partial charge in [0.15, 0.2) is 0 Å². The molecule has 120 valence electrons. The van der Waals surface area contributed by atoms with Gasteiger partial charge >= 0.3 is 0 Å². The fraction of sp³-hybridized carbons (Fsp3) is 0.333. The van der Waals surface area contributed by atoms with E-state index in [9.17, 15) is 9.18 Å². The first-order chi connectivity index (χ1) is 11.1. The van der Waals surface area contributed by atoms with Gasteiger partial charge in [-0.25, -0.2) is 4.39 Å². The number of hydrogen-bond acceptors (Lipinski definition) is 3. The number of amides is 1. The van der Waals surface area contributed by atoms with Gasteiger partial charge in [-0.15, -0.1) is 0 Å². The first-order valence-corrected chi connectivity index (χ1v) is 7.72. The lowest BCUT2D eigenvalue weighted by Crippen LogP contribution is -2.40. The summed E-state index contributed by atoms with van der Waals surface area (Å²) in [7, 11) is 0. The van der Waals surface area contributed by atoms with E-state index in [0.717, 1.165) is 0 Å². The maximum Gasteiger partial charge on any atom is 0.230 e. The molecule has 0 spiro atoms. The van der Waals surface area contributed by atoms with Gasteiger partial charge in [0.1, 0.15) is 17.7 Å². The molecule has 5 heteroatoms. The molecule has 1 heterocycles. The highest BCUT2D eigenvalue weighted by molar-refractivity contribution is 5.91. The summed E-state index contributed by atoms with van der Waals surface area (Å²) in [5.41, 5.74) is -0.224. The molecule has 0 radical (unpaired) electrons. The normalized spacial score (nSPS) is 16.4. The first-order valence-electron chi connectivity index (χ1n) is 7.72. The zero-order chi connectivity index (χ0) is 16.3. The number of carbonyl (C=O) groups is 1. The summed E-state index contributed by atoms with van der Waals surface area (Å²) in [5, 5.41) is 2.88. The molecule has 1 aliphatic rings.